The number of halogens is 2. The minimum absolute atomic E-state index is 0.286. The van der Waals surface area contributed by atoms with Gasteiger partial charge in [-0.05, 0) is 42.5 Å². The van der Waals surface area contributed by atoms with Gasteiger partial charge in [0.05, 0.1) is 6.54 Å². The minimum Gasteiger partial charge on any atom is -0.343 e. The molecule has 0 aliphatic heterocycles. The smallest absolute Gasteiger partial charge is 0.269 e. The summed E-state index contributed by atoms with van der Waals surface area (Å²) in [6, 6.07) is 13.0. The first kappa shape index (κ1) is 18.0. The molecule has 0 radical (unpaired) electrons. The van der Waals surface area contributed by atoms with Crippen LogP contribution in [0, 0.1) is 0 Å². The summed E-state index contributed by atoms with van der Waals surface area (Å²) in [4.78, 5) is 35.3. The maximum absolute atomic E-state index is 11.9. The molecule has 2 aromatic rings. The van der Waals surface area contributed by atoms with Gasteiger partial charge in [-0.25, -0.2) is 0 Å². The van der Waals surface area contributed by atoms with Gasteiger partial charge >= 0.3 is 0 Å². The van der Waals surface area contributed by atoms with Gasteiger partial charge in [0.2, 0.25) is 0 Å². The molecule has 6 nitrogen and oxygen atoms in total. The second-order valence-corrected chi connectivity index (χ2v) is 6.05. The van der Waals surface area contributed by atoms with Crippen molar-refractivity contribution in [3.8, 4) is 0 Å². The van der Waals surface area contributed by atoms with E-state index < -0.39 is 17.7 Å². The van der Waals surface area contributed by atoms with Crippen LogP contribution >= 0.6 is 27.5 Å². The molecule has 0 aliphatic rings. The first-order valence-corrected chi connectivity index (χ1v) is 8.01. The molecule has 0 bridgehead atoms. The van der Waals surface area contributed by atoms with Gasteiger partial charge < -0.3 is 5.32 Å². The molecule has 0 unspecified atom stereocenters. The normalized spacial score (nSPS) is 9.92. The van der Waals surface area contributed by atoms with Crippen molar-refractivity contribution in [2.75, 3.05) is 6.54 Å². The largest absolute Gasteiger partial charge is 0.343 e. The van der Waals surface area contributed by atoms with E-state index in [4.69, 9.17) is 11.6 Å². The molecule has 2 rings (SSSR count). The Morgan fingerprint density at radius 2 is 1.62 bits per heavy atom. The Hall–Kier alpha value is -2.38. The Balaban J connectivity index is 1.78. The molecule has 3 N–H and O–H groups in total. The van der Waals surface area contributed by atoms with E-state index in [0.29, 0.717) is 16.1 Å². The minimum atomic E-state index is -0.559. The molecule has 3 amide bonds. The summed E-state index contributed by atoms with van der Waals surface area (Å²) in [5.41, 5.74) is 5.22. The van der Waals surface area contributed by atoms with E-state index in [2.05, 4.69) is 32.1 Å². The molecule has 0 aromatic heterocycles. The third-order valence-electron chi connectivity index (χ3n) is 2.92. The zero-order chi connectivity index (χ0) is 17.5. The van der Waals surface area contributed by atoms with Crippen molar-refractivity contribution in [2.45, 2.75) is 0 Å². The number of benzene rings is 2. The van der Waals surface area contributed by atoms with Crippen LogP contribution in [0.4, 0.5) is 0 Å². The summed E-state index contributed by atoms with van der Waals surface area (Å²) in [5.74, 6) is -1.46. The van der Waals surface area contributed by atoms with Gasteiger partial charge in [0.15, 0.2) is 0 Å². The van der Waals surface area contributed by atoms with Crippen LogP contribution in [0.3, 0.4) is 0 Å². The number of hydrogen-bond donors (Lipinski definition) is 3. The van der Waals surface area contributed by atoms with Crippen molar-refractivity contribution < 1.29 is 14.4 Å². The van der Waals surface area contributed by atoms with Gasteiger partial charge in [0.25, 0.3) is 17.7 Å². The molecule has 0 atom stereocenters. The summed E-state index contributed by atoms with van der Waals surface area (Å²) < 4.78 is 0.840. The number of carbonyl (C=O) groups excluding carboxylic acids is 3. The van der Waals surface area contributed by atoms with Crippen LogP contribution in [0.15, 0.2) is 53.0 Å². The second kappa shape index (κ2) is 8.47. The van der Waals surface area contributed by atoms with Crippen molar-refractivity contribution in [3.63, 3.8) is 0 Å². The molecule has 0 heterocycles. The molecule has 24 heavy (non-hydrogen) atoms. The predicted molar refractivity (Wildman–Crippen MR) is 93.5 cm³/mol. The third-order valence-corrected chi connectivity index (χ3v) is 3.68. The van der Waals surface area contributed by atoms with Gasteiger partial charge in [0.1, 0.15) is 0 Å². The number of hydrazine groups is 1. The van der Waals surface area contributed by atoms with Gasteiger partial charge in [-0.1, -0.05) is 33.6 Å². The lowest BCUT2D eigenvalue weighted by atomic mass is 10.2. The van der Waals surface area contributed by atoms with Crippen LogP contribution in [0.1, 0.15) is 20.7 Å². The zero-order valence-electron chi connectivity index (χ0n) is 12.3. The van der Waals surface area contributed by atoms with Crippen LogP contribution in [0.5, 0.6) is 0 Å². The standard InChI is InChI=1S/C16H13BrClN3O3/c17-12-6-4-10(5-7-12)16(24)21-20-14(22)9-19-15(23)11-2-1-3-13(18)8-11/h1-8H,9H2,(H,19,23)(H,20,22)(H,21,24). The molecule has 0 fully saturated rings. The van der Waals surface area contributed by atoms with Crippen molar-refractivity contribution in [1.82, 2.24) is 16.2 Å². The van der Waals surface area contributed by atoms with Crippen molar-refractivity contribution >= 4 is 45.3 Å². The molecule has 0 saturated carbocycles. The lowest BCUT2D eigenvalue weighted by Gasteiger charge is -2.08. The summed E-state index contributed by atoms with van der Waals surface area (Å²) in [5, 5.41) is 2.85. The highest BCUT2D eigenvalue weighted by Crippen LogP contribution is 2.11. The molecular weight excluding hydrogens is 398 g/mol. The van der Waals surface area contributed by atoms with E-state index in [1.165, 1.54) is 6.07 Å². The summed E-state index contributed by atoms with van der Waals surface area (Å²) in [6.07, 6.45) is 0. The molecule has 2 aromatic carbocycles. The average Bonchev–Trinajstić information content (AvgIpc) is 2.58. The summed E-state index contributed by atoms with van der Waals surface area (Å²) in [7, 11) is 0. The van der Waals surface area contributed by atoms with Crippen molar-refractivity contribution in [2.24, 2.45) is 0 Å². The van der Waals surface area contributed by atoms with Crippen LogP contribution in [-0.4, -0.2) is 24.3 Å². The number of rotatable bonds is 4. The maximum atomic E-state index is 11.9. The number of hydrogen-bond acceptors (Lipinski definition) is 3. The summed E-state index contributed by atoms with van der Waals surface area (Å²) in [6.45, 7) is -0.286. The summed E-state index contributed by atoms with van der Waals surface area (Å²) >= 11 is 9.06. The first-order valence-electron chi connectivity index (χ1n) is 6.84. The molecule has 0 saturated heterocycles. The number of nitrogens with one attached hydrogen (secondary N) is 3. The Morgan fingerprint density at radius 3 is 2.29 bits per heavy atom. The Labute approximate surface area is 151 Å². The highest BCUT2D eigenvalue weighted by atomic mass is 79.9. The van der Waals surface area contributed by atoms with Crippen molar-refractivity contribution in [3.05, 3.63) is 69.2 Å². The lowest BCUT2D eigenvalue weighted by Crippen LogP contribution is -2.46. The highest BCUT2D eigenvalue weighted by Gasteiger charge is 2.10. The molecular formula is C16H13BrClN3O3. The maximum Gasteiger partial charge on any atom is 0.269 e. The van der Waals surface area contributed by atoms with E-state index in [9.17, 15) is 14.4 Å². The highest BCUT2D eigenvalue weighted by molar-refractivity contribution is 9.10. The van der Waals surface area contributed by atoms with Gasteiger partial charge in [0, 0.05) is 20.6 Å². The first-order chi connectivity index (χ1) is 11.5. The predicted octanol–water partition coefficient (Wildman–Crippen LogP) is 2.29. The average molecular weight is 411 g/mol. The monoisotopic (exact) mass is 409 g/mol. The van der Waals surface area contributed by atoms with Crippen LogP contribution < -0.4 is 16.2 Å². The molecule has 0 spiro atoms. The lowest BCUT2D eigenvalue weighted by molar-refractivity contribution is -0.120. The van der Waals surface area contributed by atoms with E-state index in [1.807, 2.05) is 0 Å². The van der Waals surface area contributed by atoms with E-state index in [0.717, 1.165) is 4.47 Å². The van der Waals surface area contributed by atoms with Gasteiger partial charge in [-0.3, -0.25) is 25.2 Å². The fraction of sp³-hybridized carbons (Fsp3) is 0.0625. The van der Waals surface area contributed by atoms with Gasteiger partial charge in [-0.2, -0.15) is 0 Å². The number of amides is 3. The topological polar surface area (TPSA) is 87.3 Å². The fourth-order valence-corrected chi connectivity index (χ4v) is 2.19. The molecule has 124 valence electrons. The third kappa shape index (κ3) is 5.36. The van der Waals surface area contributed by atoms with E-state index in [-0.39, 0.29) is 6.54 Å². The van der Waals surface area contributed by atoms with E-state index >= 15 is 0 Å². The van der Waals surface area contributed by atoms with Crippen molar-refractivity contribution in [1.29, 1.82) is 0 Å². The zero-order valence-corrected chi connectivity index (χ0v) is 14.6. The van der Waals surface area contributed by atoms with Gasteiger partial charge in [-0.15, -0.1) is 0 Å². The van der Waals surface area contributed by atoms with Crippen LogP contribution in [-0.2, 0) is 4.79 Å². The number of carbonyl (C=O) groups is 3. The van der Waals surface area contributed by atoms with Crippen LogP contribution in [0.25, 0.3) is 0 Å². The molecule has 8 heteroatoms. The Bertz CT molecular complexity index is 765. The Kier molecular flexibility index (Phi) is 6.34. The van der Waals surface area contributed by atoms with E-state index in [1.54, 1.807) is 42.5 Å². The van der Waals surface area contributed by atoms with Crippen LogP contribution in [0.2, 0.25) is 5.02 Å². The SMILES string of the molecule is O=C(CNC(=O)c1cccc(Cl)c1)NNC(=O)c1ccc(Br)cc1. The second-order valence-electron chi connectivity index (χ2n) is 4.70. The quantitative estimate of drug-likeness (QED) is 0.676. The Morgan fingerprint density at radius 1 is 0.917 bits per heavy atom. The molecule has 0 aliphatic carbocycles. The fourth-order valence-electron chi connectivity index (χ4n) is 1.74.